The van der Waals surface area contributed by atoms with Crippen LogP contribution in [0, 0.1) is 0 Å². The van der Waals surface area contributed by atoms with E-state index in [2.05, 4.69) is 225 Å². The molecule has 3 aliphatic rings. The first kappa shape index (κ1) is 38.5. The van der Waals surface area contributed by atoms with Gasteiger partial charge in [-0.15, -0.1) is 11.3 Å². The number of para-hydroxylation sites is 1. The molecule has 3 aliphatic carbocycles. The number of hydrogen-bond donors (Lipinski definition) is 0. The van der Waals surface area contributed by atoms with E-state index in [0.29, 0.717) is 0 Å². The van der Waals surface area contributed by atoms with Gasteiger partial charge in [0.2, 0.25) is 0 Å². The van der Waals surface area contributed by atoms with Crippen LogP contribution in [0.1, 0.15) is 65.6 Å². The zero-order chi connectivity index (χ0) is 44.4. The van der Waals surface area contributed by atoms with Crippen LogP contribution in [-0.4, -0.2) is 0 Å². The van der Waals surface area contributed by atoms with E-state index in [0.717, 1.165) is 46.2 Å². The molecule has 9 aromatic carbocycles. The Morgan fingerprint density at radius 1 is 0.433 bits per heavy atom. The Morgan fingerprint density at radius 2 is 1.04 bits per heavy atom. The molecule has 2 heterocycles. The van der Waals surface area contributed by atoms with Crippen molar-refractivity contribution in [1.82, 2.24) is 0 Å². The molecule has 0 N–H and O–H groups in total. The maximum atomic E-state index is 6.49. The van der Waals surface area contributed by atoms with Gasteiger partial charge in [0.1, 0.15) is 11.2 Å². The van der Waals surface area contributed by atoms with Gasteiger partial charge in [-0.1, -0.05) is 172 Å². The fourth-order valence-corrected chi connectivity index (χ4v) is 13.5. The molecule has 67 heavy (non-hydrogen) atoms. The molecule has 0 amide bonds. The lowest BCUT2D eigenvalue weighted by molar-refractivity contribution is 0.563. The minimum Gasteiger partial charge on any atom is -0.456 e. The molecule has 318 valence electrons. The third-order valence-electron chi connectivity index (χ3n) is 15.3. The maximum absolute atomic E-state index is 6.49. The number of fused-ring (bicyclic) bond motifs is 15. The highest BCUT2D eigenvalue weighted by Crippen LogP contribution is 2.62. The Balaban J connectivity index is 0.895. The van der Waals surface area contributed by atoms with Gasteiger partial charge in [-0.2, -0.15) is 0 Å². The van der Waals surface area contributed by atoms with Crippen molar-refractivity contribution in [2.75, 3.05) is 4.90 Å². The van der Waals surface area contributed by atoms with Gasteiger partial charge in [-0.05, 0) is 128 Å². The molecule has 0 fully saturated rings. The van der Waals surface area contributed by atoms with Gasteiger partial charge in [-0.3, -0.25) is 0 Å². The molecule has 0 saturated carbocycles. The molecule has 0 bridgehead atoms. The molecule has 3 heteroatoms. The summed E-state index contributed by atoms with van der Waals surface area (Å²) < 4.78 is 9.14. The first-order valence-corrected chi connectivity index (χ1v) is 24.3. The summed E-state index contributed by atoms with van der Waals surface area (Å²) >= 11 is 1.88. The predicted molar refractivity (Wildman–Crippen MR) is 282 cm³/mol. The molecule has 0 radical (unpaired) electrons. The Labute approximate surface area is 394 Å². The number of furan rings is 1. The number of hydrogen-bond acceptors (Lipinski definition) is 3. The van der Waals surface area contributed by atoms with Gasteiger partial charge in [0, 0.05) is 59.5 Å². The molecule has 2 aromatic heterocycles. The third-order valence-corrected chi connectivity index (χ3v) is 16.5. The summed E-state index contributed by atoms with van der Waals surface area (Å²) in [5.74, 6) is 0. The highest BCUT2D eigenvalue weighted by Gasteiger charge is 2.53. The van der Waals surface area contributed by atoms with E-state index in [4.69, 9.17) is 4.42 Å². The predicted octanol–water partition coefficient (Wildman–Crippen LogP) is 17.5. The van der Waals surface area contributed by atoms with Gasteiger partial charge in [0.25, 0.3) is 0 Å². The van der Waals surface area contributed by atoms with E-state index < -0.39 is 5.41 Å². The van der Waals surface area contributed by atoms with Crippen molar-refractivity contribution in [2.24, 2.45) is 0 Å². The monoisotopic (exact) mass is 875 g/mol. The molecule has 0 unspecified atom stereocenters. The van der Waals surface area contributed by atoms with Gasteiger partial charge in [0.05, 0.1) is 5.41 Å². The van der Waals surface area contributed by atoms with Gasteiger partial charge in [0.15, 0.2) is 0 Å². The first-order valence-electron chi connectivity index (χ1n) is 23.5. The minimum atomic E-state index is -0.415. The van der Waals surface area contributed by atoms with Crippen molar-refractivity contribution in [3.63, 3.8) is 0 Å². The topological polar surface area (TPSA) is 16.4 Å². The molecule has 14 rings (SSSR count). The summed E-state index contributed by atoms with van der Waals surface area (Å²) in [4.78, 5) is 2.44. The van der Waals surface area contributed by atoms with E-state index >= 15 is 0 Å². The largest absolute Gasteiger partial charge is 0.456 e. The van der Waals surface area contributed by atoms with Crippen LogP contribution in [0.5, 0.6) is 0 Å². The summed E-state index contributed by atoms with van der Waals surface area (Å²) in [6, 6.07) is 74.6. The number of anilines is 2. The molecular formula is C64H45NOS. The van der Waals surface area contributed by atoms with Crippen LogP contribution in [0.25, 0.3) is 69.9 Å². The molecule has 1 spiro atoms. The van der Waals surface area contributed by atoms with E-state index in [9.17, 15) is 0 Å². The Kier molecular flexibility index (Phi) is 8.28. The van der Waals surface area contributed by atoms with Crippen LogP contribution in [0.4, 0.5) is 11.4 Å². The standard InChI is InChI=1S/C64H45NOS/c1-63(2)54-20-7-9-22-56(54)64(57-23-10-8-21-55(57)63)53-19-6-3-14-47(53)48-36-30-42(38-58(48)64)40-26-31-43(32-27-40)65(45-35-37-50-49-15-4-11-24-59(49)66-60(50)39-45)44-33-28-41(29-34-44)46-17-13-18-52-51-16-5-12-25-61(51)67-62(46)52/h3-26,28-31,33-39H,27,32H2,1-2H3. The van der Waals surface area contributed by atoms with Crippen molar-refractivity contribution in [3.8, 4) is 22.3 Å². The fraction of sp³-hybridized carbons (Fsp3) is 0.0938. The summed E-state index contributed by atoms with van der Waals surface area (Å²) in [5, 5.41) is 4.92. The second-order valence-electron chi connectivity index (χ2n) is 19.1. The lowest BCUT2D eigenvalue weighted by Crippen LogP contribution is -2.40. The van der Waals surface area contributed by atoms with Gasteiger partial charge < -0.3 is 9.32 Å². The highest BCUT2D eigenvalue weighted by atomic mass is 32.1. The maximum Gasteiger partial charge on any atom is 0.137 e. The van der Waals surface area contributed by atoms with E-state index in [-0.39, 0.29) is 5.41 Å². The minimum absolute atomic E-state index is 0.130. The average molecular weight is 876 g/mol. The molecule has 0 aliphatic heterocycles. The third kappa shape index (κ3) is 5.50. The molecule has 0 saturated heterocycles. The lowest BCUT2D eigenvalue weighted by atomic mass is 9.55. The average Bonchev–Trinajstić information content (AvgIpc) is 4.05. The van der Waals surface area contributed by atoms with Crippen LogP contribution in [-0.2, 0) is 10.8 Å². The van der Waals surface area contributed by atoms with Crippen molar-refractivity contribution in [2.45, 2.75) is 37.5 Å². The molecular weight excluding hydrogens is 831 g/mol. The van der Waals surface area contributed by atoms with Crippen LogP contribution in [0.2, 0.25) is 0 Å². The van der Waals surface area contributed by atoms with Crippen molar-refractivity contribution in [3.05, 3.63) is 257 Å². The van der Waals surface area contributed by atoms with E-state index in [1.54, 1.807) is 0 Å². The normalized spacial score (nSPS) is 15.3. The Morgan fingerprint density at radius 3 is 1.82 bits per heavy atom. The molecule has 11 aromatic rings. The number of allylic oxidation sites excluding steroid dienone is 4. The van der Waals surface area contributed by atoms with Crippen molar-refractivity contribution in [1.29, 1.82) is 0 Å². The van der Waals surface area contributed by atoms with Gasteiger partial charge in [-0.25, -0.2) is 0 Å². The second-order valence-corrected chi connectivity index (χ2v) is 20.1. The van der Waals surface area contributed by atoms with Gasteiger partial charge >= 0.3 is 0 Å². The summed E-state index contributed by atoms with van der Waals surface area (Å²) in [6.07, 6.45) is 6.54. The van der Waals surface area contributed by atoms with Crippen LogP contribution < -0.4 is 4.90 Å². The number of thiophene rings is 1. The molecule has 2 nitrogen and oxygen atoms in total. The lowest BCUT2D eigenvalue weighted by Gasteiger charge is -2.46. The molecule has 0 atom stereocenters. The van der Waals surface area contributed by atoms with Crippen LogP contribution >= 0.6 is 11.3 Å². The summed E-state index contributed by atoms with van der Waals surface area (Å²) in [6.45, 7) is 4.79. The van der Waals surface area contributed by atoms with Crippen molar-refractivity contribution >= 4 is 70.4 Å². The van der Waals surface area contributed by atoms with Crippen molar-refractivity contribution < 1.29 is 4.42 Å². The number of rotatable bonds is 5. The first-order chi connectivity index (χ1) is 33.0. The summed E-state index contributed by atoms with van der Waals surface area (Å²) in [5.41, 5.74) is 20.9. The summed E-state index contributed by atoms with van der Waals surface area (Å²) in [7, 11) is 0. The number of nitrogens with zero attached hydrogens (tertiary/aromatic N) is 1. The SMILES string of the molecule is CC1(C)c2ccccc2C2(c3ccccc3-c3ccc(C4=CC=C(N(c5ccc(-c6cccc7c6sc6ccccc67)cc5)c5ccc6c(c5)oc5ccccc56)CC4)cc32)c2ccccc21. The zero-order valence-electron chi connectivity index (χ0n) is 37.4. The smallest absolute Gasteiger partial charge is 0.137 e. The zero-order valence-corrected chi connectivity index (χ0v) is 38.2. The Bertz CT molecular complexity index is 3860. The second kappa shape index (κ2) is 14.4. The number of benzene rings is 9. The fourth-order valence-electron chi connectivity index (χ4n) is 12.2. The van der Waals surface area contributed by atoms with Crippen LogP contribution in [0.15, 0.2) is 222 Å². The Hall–Kier alpha value is -7.72. The van der Waals surface area contributed by atoms with Crippen LogP contribution in [0.3, 0.4) is 0 Å². The van der Waals surface area contributed by atoms with E-state index in [1.807, 2.05) is 17.4 Å². The quantitative estimate of drug-likeness (QED) is 0.171. The highest BCUT2D eigenvalue weighted by molar-refractivity contribution is 7.26. The van der Waals surface area contributed by atoms with E-state index in [1.165, 1.54) is 92.6 Å².